The second-order valence-corrected chi connectivity index (χ2v) is 4.39. The van der Waals surface area contributed by atoms with E-state index < -0.39 is 17.7 Å². The normalized spacial score (nSPS) is 11.3. The molecule has 0 fully saturated rings. The van der Waals surface area contributed by atoms with Crippen molar-refractivity contribution in [3.05, 3.63) is 41.0 Å². The summed E-state index contributed by atoms with van der Waals surface area (Å²) in [5.74, 6) is -1.24. The Bertz CT molecular complexity index is 610. The monoisotopic (exact) mass is 288 g/mol. The molecule has 1 heterocycles. The summed E-state index contributed by atoms with van der Waals surface area (Å²) in [5.41, 5.74) is 0.433. The van der Waals surface area contributed by atoms with E-state index in [-0.39, 0.29) is 16.4 Å². The molecule has 0 spiro atoms. The minimum Gasteiger partial charge on any atom is -0.476 e. The van der Waals surface area contributed by atoms with E-state index in [9.17, 15) is 18.0 Å². The number of aromatic carboxylic acids is 1. The maximum Gasteiger partial charge on any atom is 0.416 e. The van der Waals surface area contributed by atoms with Gasteiger partial charge in [0.2, 0.25) is 0 Å². The number of nitrogens with one attached hydrogen (secondary N) is 1. The number of aromatic nitrogens is 1. The Morgan fingerprint density at radius 2 is 2.11 bits per heavy atom. The number of benzene rings is 1. The molecule has 0 aliphatic rings. The Hall–Kier alpha value is -2.09. The molecule has 1 aromatic carbocycles. The first-order valence-corrected chi connectivity index (χ1v) is 5.87. The minimum absolute atomic E-state index is 0.154. The lowest BCUT2D eigenvalue weighted by Crippen LogP contribution is -2.05. The largest absolute Gasteiger partial charge is 0.476 e. The predicted molar refractivity (Wildman–Crippen MR) is 63.8 cm³/mol. The second-order valence-electron chi connectivity index (χ2n) is 3.54. The van der Waals surface area contributed by atoms with Crippen LogP contribution in [0.3, 0.4) is 0 Å². The molecule has 0 saturated carbocycles. The van der Waals surface area contributed by atoms with Crippen molar-refractivity contribution in [2.75, 3.05) is 5.32 Å². The molecule has 4 nitrogen and oxygen atoms in total. The maximum absolute atomic E-state index is 12.5. The van der Waals surface area contributed by atoms with E-state index in [1.54, 1.807) is 0 Å². The van der Waals surface area contributed by atoms with E-state index in [4.69, 9.17) is 5.11 Å². The van der Waals surface area contributed by atoms with Crippen LogP contribution in [0.25, 0.3) is 0 Å². The number of carboxylic acids is 1. The smallest absolute Gasteiger partial charge is 0.416 e. The summed E-state index contributed by atoms with van der Waals surface area (Å²) in [6, 6.07) is 4.51. The number of anilines is 2. The van der Waals surface area contributed by atoms with Crippen molar-refractivity contribution in [3.8, 4) is 0 Å². The predicted octanol–water partition coefficient (Wildman–Crippen LogP) is 3.60. The Labute approximate surface area is 109 Å². The lowest BCUT2D eigenvalue weighted by atomic mass is 10.2. The number of thiazole rings is 1. The summed E-state index contributed by atoms with van der Waals surface area (Å²) in [6.45, 7) is 0. The molecule has 0 saturated heterocycles. The summed E-state index contributed by atoms with van der Waals surface area (Å²) >= 11 is 1.00. The first-order valence-electron chi connectivity index (χ1n) is 4.99. The summed E-state index contributed by atoms with van der Waals surface area (Å²) in [7, 11) is 0. The van der Waals surface area contributed by atoms with Crippen molar-refractivity contribution >= 4 is 28.0 Å². The van der Waals surface area contributed by atoms with Gasteiger partial charge in [-0.25, -0.2) is 9.78 Å². The lowest BCUT2D eigenvalue weighted by Gasteiger charge is -2.09. The molecule has 0 amide bonds. The highest BCUT2D eigenvalue weighted by atomic mass is 32.1. The molecule has 0 radical (unpaired) electrons. The number of carboxylic acid groups (broad SMARTS) is 1. The molecule has 2 aromatic rings. The third-order valence-corrected chi connectivity index (χ3v) is 2.96. The van der Waals surface area contributed by atoms with Crippen molar-refractivity contribution in [1.82, 2.24) is 4.98 Å². The molecular formula is C11H7F3N2O2S. The van der Waals surface area contributed by atoms with Crippen LogP contribution >= 0.6 is 11.3 Å². The molecule has 0 aliphatic heterocycles. The SMILES string of the molecule is O=C(O)c1ncsc1Nc1cccc(C(F)(F)F)c1. The summed E-state index contributed by atoms with van der Waals surface area (Å²) in [5, 5.41) is 11.6. The summed E-state index contributed by atoms with van der Waals surface area (Å²) < 4.78 is 37.6. The molecular weight excluding hydrogens is 281 g/mol. The van der Waals surface area contributed by atoms with Gasteiger partial charge in [-0.3, -0.25) is 0 Å². The third-order valence-electron chi connectivity index (χ3n) is 2.22. The molecule has 0 aliphatic carbocycles. The van der Waals surface area contributed by atoms with E-state index in [1.165, 1.54) is 17.6 Å². The Kier molecular flexibility index (Phi) is 3.43. The van der Waals surface area contributed by atoms with E-state index in [0.29, 0.717) is 0 Å². The van der Waals surface area contributed by atoms with Crippen LogP contribution in [-0.2, 0) is 6.18 Å². The van der Waals surface area contributed by atoms with Gasteiger partial charge in [-0.15, -0.1) is 11.3 Å². The van der Waals surface area contributed by atoms with Gasteiger partial charge in [0.1, 0.15) is 5.00 Å². The number of hydrogen-bond donors (Lipinski definition) is 2. The number of carbonyl (C=O) groups is 1. The first kappa shape index (κ1) is 13.3. The summed E-state index contributed by atoms with van der Waals surface area (Å²) in [6.07, 6.45) is -4.44. The van der Waals surface area contributed by atoms with Crippen molar-refractivity contribution < 1.29 is 23.1 Å². The van der Waals surface area contributed by atoms with Gasteiger partial charge in [0.05, 0.1) is 11.1 Å². The first-order chi connectivity index (χ1) is 8.88. The van der Waals surface area contributed by atoms with Crippen LogP contribution in [0.15, 0.2) is 29.8 Å². The molecule has 1 aromatic heterocycles. The number of hydrogen-bond acceptors (Lipinski definition) is 4. The highest BCUT2D eigenvalue weighted by Crippen LogP contribution is 2.32. The van der Waals surface area contributed by atoms with Gasteiger partial charge in [-0.1, -0.05) is 6.07 Å². The molecule has 0 unspecified atom stereocenters. The Morgan fingerprint density at radius 1 is 1.37 bits per heavy atom. The quantitative estimate of drug-likeness (QED) is 0.905. The summed E-state index contributed by atoms with van der Waals surface area (Å²) in [4.78, 5) is 14.4. The zero-order valence-corrected chi connectivity index (χ0v) is 10.0. The second kappa shape index (κ2) is 4.88. The molecule has 8 heteroatoms. The molecule has 0 atom stereocenters. The molecule has 2 N–H and O–H groups in total. The van der Waals surface area contributed by atoms with E-state index in [1.807, 2.05) is 0 Å². The number of nitrogens with zero attached hydrogens (tertiary/aromatic N) is 1. The van der Waals surface area contributed by atoms with Crippen molar-refractivity contribution in [2.24, 2.45) is 0 Å². The maximum atomic E-state index is 12.5. The fraction of sp³-hybridized carbons (Fsp3) is 0.0909. The van der Waals surface area contributed by atoms with E-state index in [0.717, 1.165) is 23.5 Å². The van der Waals surface area contributed by atoms with Gasteiger partial charge in [0.25, 0.3) is 0 Å². The molecule has 2 rings (SSSR count). The van der Waals surface area contributed by atoms with Gasteiger partial charge in [-0.2, -0.15) is 13.2 Å². The molecule has 100 valence electrons. The van der Waals surface area contributed by atoms with Gasteiger partial charge in [0, 0.05) is 5.69 Å². The highest BCUT2D eigenvalue weighted by molar-refractivity contribution is 7.14. The van der Waals surface area contributed by atoms with Crippen molar-refractivity contribution in [1.29, 1.82) is 0 Å². The zero-order valence-electron chi connectivity index (χ0n) is 9.23. The third kappa shape index (κ3) is 3.02. The zero-order chi connectivity index (χ0) is 14.0. The number of rotatable bonds is 3. The van der Waals surface area contributed by atoms with Crippen LogP contribution in [-0.4, -0.2) is 16.1 Å². The average Bonchev–Trinajstić information content (AvgIpc) is 2.76. The van der Waals surface area contributed by atoms with Crippen molar-refractivity contribution in [3.63, 3.8) is 0 Å². The van der Waals surface area contributed by atoms with Gasteiger partial charge < -0.3 is 10.4 Å². The van der Waals surface area contributed by atoms with Crippen LogP contribution < -0.4 is 5.32 Å². The fourth-order valence-corrected chi connectivity index (χ4v) is 2.08. The molecule has 0 bridgehead atoms. The van der Waals surface area contributed by atoms with Crippen LogP contribution in [0, 0.1) is 0 Å². The molecule has 19 heavy (non-hydrogen) atoms. The van der Waals surface area contributed by atoms with Crippen LogP contribution in [0.1, 0.15) is 16.1 Å². The van der Waals surface area contributed by atoms with Crippen LogP contribution in [0.4, 0.5) is 23.9 Å². The number of halogens is 3. The lowest BCUT2D eigenvalue weighted by molar-refractivity contribution is -0.137. The Balaban J connectivity index is 2.29. The van der Waals surface area contributed by atoms with Crippen molar-refractivity contribution in [2.45, 2.75) is 6.18 Å². The van der Waals surface area contributed by atoms with E-state index >= 15 is 0 Å². The van der Waals surface area contributed by atoms with E-state index in [2.05, 4.69) is 10.3 Å². The van der Waals surface area contributed by atoms with Gasteiger partial charge in [-0.05, 0) is 18.2 Å². The standard InChI is InChI=1S/C11H7F3N2O2S/c12-11(13,14)6-2-1-3-7(4-6)16-9-8(10(17)18)15-5-19-9/h1-5,16H,(H,17,18). The van der Waals surface area contributed by atoms with Crippen LogP contribution in [0.5, 0.6) is 0 Å². The highest BCUT2D eigenvalue weighted by Gasteiger charge is 2.30. The topological polar surface area (TPSA) is 62.2 Å². The fourth-order valence-electron chi connectivity index (χ4n) is 1.39. The Morgan fingerprint density at radius 3 is 2.74 bits per heavy atom. The van der Waals surface area contributed by atoms with Gasteiger partial charge in [0.15, 0.2) is 5.69 Å². The average molecular weight is 288 g/mol. The van der Waals surface area contributed by atoms with Gasteiger partial charge >= 0.3 is 12.1 Å². The number of alkyl halides is 3. The minimum atomic E-state index is -4.44. The van der Waals surface area contributed by atoms with Crippen LogP contribution in [0.2, 0.25) is 0 Å².